The summed E-state index contributed by atoms with van der Waals surface area (Å²) in [4.78, 5) is 36.1. The maximum atomic E-state index is 12.3. The summed E-state index contributed by atoms with van der Waals surface area (Å²) in [5.41, 5.74) is 0.948. The van der Waals surface area contributed by atoms with Gasteiger partial charge in [-0.1, -0.05) is 44.2 Å². The molecule has 0 aliphatic rings. The van der Waals surface area contributed by atoms with Crippen LogP contribution in [0.15, 0.2) is 63.8 Å². The van der Waals surface area contributed by atoms with Gasteiger partial charge in [-0.15, -0.1) is 0 Å². The van der Waals surface area contributed by atoms with E-state index in [4.69, 9.17) is 13.9 Å². The SMILES string of the molecule is CC(C)c1ccc(OCCCC(=O)OCCCNC(=O)c2cc3ccccc3oc2=O)cc1. The summed E-state index contributed by atoms with van der Waals surface area (Å²) in [6.45, 7) is 5.16. The second kappa shape index (κ2) is 11.9. The number of amides is 1. The highest BCUT2D eigenvalue weighted by molar-refractivity contribution is 5.96. The Hall–Kier alpha value is -3.61. The minimum atomic E-state index is -0.685. The van der Waals surface area contributed by atoms with Gasteiger partial charge in [0.2, 0.25) is 0 Å². The molecule has 0 bridgehead atoms. The van der Waals surface area contributed by atoms with Gasteiger partial charge in [0, 0.05) is 18.4 Å². The van der Waals surface area contributed by atoms with Crippen LogP contribution in [-0.2, 0) is 9.53 Å². The molecule has 0 unspecified atom stereocenters. The standard InChI is InChI=1S/C26H29NO6/c1-18(2)19-10-12-21(13-11-19)31-15-5-9-24(28)32-16-6-14-27-25(29)22-17-20-7-3-4-8-23(20)33-26(22)30/h3-4,7-8,10-13,17-18H,5-6,9,14-16H2,1-2H3,(H,27,29). The van der Waals surface area contributed by atoms with Crippen molar-refractivity contribution in [1.82, 2.24) is 5.32 Å². The molecule has 0 aliphatic heterocycles. The normalized spacial score (nSPS) is 10.9. The van der Waals surface area contributed by atoms with E-state index in [9.17, 15) is 14.4 Å². The largest absolute Gasteiger partial charge is 0.494 e. The molecule has 1 amide bonds. The van der Waals surface area contributed by atoms with Crippen molar-refractivity contribution in [3.05, 3.63) is 76.1 Å². The lowest BCUT2D eigenvalue weighted by Crippen LogP contribution is -2.29. The summed E-state index contributed by atoms with van der Waals surface area (Å²) in [5, 5.41) is 3.32. The molecule has 1 aromatic heterocycles. The van der Waals surface area contributed by atoms with E-state index in [1.165, 1.54) is 11.6 Å². The van der Waals surface area contributed by atoms with Crippen LogP contribution in [-0.4, -0.2) is 31.6 Å². The van der Waals surface area contributed by atoms with Crippen LogP contribution >= 0.6 is 0 Å². The Morgan fingerprint density at radius 2 is 1.76 bits per heavy atom. The van der Waals surface area contributed by atoms with E-state index < -0.39 is 11.5 Å². The van der Waals surface area contributed by atoms with Crippen molar-refractivity contribution in [3.8, 4) is 5.75 Å². The first-order valence-corrected chi connectivity index (χ1v) is 11.1. The van der Waals surface area contributed by atoms with Gasteiger partial charge in [0.15, 0.2) is 0 Å². The van der Waals surface area contributed by atoms with Crippen molar-refractivity contribution in [1.29, 1.82) is 0 Å². The number of ether oxygens (including phenoxy) is 2. The Kier molecular flexibility index (Phi) is 8.63. The van der Waals surface area contributed by atoms with Crippen molar-refractivity contribution < 1.29 is 23.5 Å². The fourth-order valence-electron chi connectivity index (χ4n) is 3.20. The number of esters is 1. The molecule has 33 heavy (non-hydrogen) atoms. The highest BCUT2D eigenvalue weighted by Crippen LogP contribution is 2.18. The molecule has 0 spiro atoms. The van der Waals surface area contributed by atoms with Gasteiger partial charge < -0.3 is 19.2 Å². The Bertz CT molecular complexity index is 1130. The van der Waals surface area contributed by atoms with Crippen LogP contribution in [0.3, 0.4) is 0 Å². The van der Waals surface area contributed by atoms with Crippen molar-refractivity contribution in [3.63, 3.8) is 0 Å². The third-order valence-electron chi connectivity index (χ3n) is 5.10. The molecule has 0 radical (unpaired) electrons. The summed E-state index contributed by atoms with van der Waals surface area (Å²) in [6, 6.07) is 16.5. The predicted molar refractivity (Wildman–Crippen MR) is 126 cm³/mol. The van der Waals surface area contributed by atoms with E-state index in [2.05, 4.69) is 19.2 Å². The molecule has 0 saturated carbocycles. The smallest absolute Gasteiger partial charge is 0.349 e. The van der Waals surface area contributed by atoms with E-state index >= 15 is 0 Å². The molecule has 0 atom stereocenters. The number of hydrogen-bond donors (Lipinski definition) is 1. The number of hydrogen-bond acceptors (Lipinski definition) is 6. The topological polar surface area (TPSA) is 94.8 Å². The maximum Gasteiger partial charge on any atom is 0.349 e. The average Bonchev–Trinajstić information content (AvgIpc) is 2.81. The lowest BCUT2D eigenvalue weighted by molar-refractivity contribution is -0.143. The van der Waals surface area contributed by atoms with Crippen LogP contribution < -0.4 is 15.7 Å². The number of carbonyl (C=O) groups excluding carboxylic acids is 2. The summed E-state index contributed by atoms with van der Waals surface area (Å²) in [6.07, 6.45) is 1.25. The van der Waals surface area contributed by atoms with E-state index in [1.54, 1.807) is 24.3 Å². The highest BCUT2D eigenvalue weighted by Gasteiger charge is 2.13. The lowest BCUT2D eigenvalue weighted by atomic mass is 10.0. The first-order valence-electron chi connectivity index (χ1n) is 11.1. The van der Waals surface area contributed by atoms with Crippen molar-refractivity contribution in [2.45, 2.75) is 39.0 Å². The number of carbonyl (C=O) groups is 2. The quantitative estimate of drug-likeness (QED) is 0.263. The van der Waals surface area contributed by atoms with Crippen LogP contribution in [0.1, 0.15) is 54.9 Å². The van der Waals surface area contributed by atoms with Crippen LogP contribution in [0.25, 0.3) is 11.0 Å². The number of fused-ring (bicyclic) bond motifs is 1. The Labute approximate surface area is 192 Å². The van der Waals surface area contributed by atoms with Gasteiger partial charge in [-0.05, 0) is 48.6 Å². The molecule has 0 saturated heterocycles. The maximum absolute atomic E-state index is 12.3. The van der Waals surface area contributed by atoms with E-state index in [0.29, 0.717) is 36.3 Å². The van der Waals surface area contributed by atoms with Gasteiger partial charge >= 0.3 is 11.6 Å². The second-order valence-corrected chi connectivity index (χ2v) is 7.99. The molecule has 7 heteroatoms. The monoisotopic (exact) mass is 451 g/mol. The molecule has 1 heterocycles. The third kappa shape index (κ3) is 7.20. The fourth-order valence-corrected chi connectivity index (χ4v) is 3.20. The van der Waals surface area contributed by atoms with Crippen molar-refractivity contribution >= 4 is 22.8 Å². The summed E-state index contributed by atoms with van der Waals surface area (Å²) in [5.74, 6) is 0.430. The summed E-state index contributed by atoms with van der Waals surface area (Å²) in [7, 11) is 0. The van der Waals surface area contributed by atoms with Crippen LogP contribution in [0, 0.1) is 0 Å². The molecule has 3 aromatic rings. The number of nitrogens with one attached hydrogen (secondary N) is 1. The van der Waals surface area contributed by atoms with Gasteiger partial charge in [0.05, 0.1) is 13.2 Å². The average molecular weight is 452 g/mol. The number of para-hydroxylation sites is 1. The molecule has 7 nitrogen and oxygen atoms in total. The molecule has 0 aliphatic carbocycles. The van der Waals surface area contributed by atoms with Gasteiger partial charge in [0.1, 0.15) is 16.9 Å². The predicted octanol–water partition coefficient (Wildman–Crippen LogP) is 4.44. The van der Waals surface area contributed by atoms with Gasteiger partial charge in [0.25, 0.3) is 5.91 Å². The lowest BCUT2D eigenvalue weighted by Gasteiger charge is -2.09. The van der Waals surface area contributed by atoms with E-state index in [0.717, 1.165) is 5.75 Å². The molecule has 174 valence electrons. The Morgan fingerprint density at radius 3 is 2.52 bits per heavy atom. The van der Waals surface area contributed by atoms with Gasteiger partial charge in [-0.3, -0.25) is 9.59 Å². The summed E-state index contributed by atoms with van der Waals surface area (Å²) >= 11 is 0. The van der Waals surface area contributed by atoms with Crippen molar-refractivity contribution in [2.75, 3.05) is 19.8 Å². The molecular formula is C26H29NO6. The zero-order valence-corrected chi connectivity index (χ0v) is 19.0. The van der Waals surface area contributed by atoms with Crippen molar-refractivity contribution in [2.24, 2.45) is 0 Å². The molecule has 2 aromatic carbocycles. The molecule has 0 fully saturated rings. The van der Waals surface area contributed by atoms with Crippen LogP contribution in [0.5, 0.6) is 5.75 Å². The zero-order valence-electron chi connectivity index (χ0n) is 19.0. The summed E-state index contributed by atoms with van der Waals surface area (Å²) < 4.78 is 16.0. The highest BCUT2D eigenvalue weighted by atomic mass is 16.5. The molecular weight excluding hydrogens is 422 g/mol. The Morgan fingerprint density at radius 1 is 1.00 bits per heavy atom. The minimum Gasteiger partial charge on any atom is -0.494 e. The molecule has 3 rings (SSSR count). The van der Waals surface area contributed by atoms with Crippen LogP contribution in [0.4, 0.5) is 0 Å². The number of rotatable bonds is 11. The minimum absolute atomic E-state index is 0.0514. The van der Waals surface area contributed by atoms with E-state index in [-0.39, 0.29) is 31.1 Å². The zero-order chi connectivity index (χ0) is 23.6. The van der Waals surface area contributed by atoms with Gasteiger partial charge in [-0.2, -0.15) is 0 Å². The fraction of sp³-hybridized carbons (Fsp3) is 0.346. The number of benzene rings is 2. The van der Waals surface area contributed by atoms with Crippen LogP contribution in [0.2, 0.25) is 0 Å². The first kappa shape index (κ1) is 24.0. The molecule has 1 N–H and O–H groups in total. The first-order chi connectivity index (χ1) is 15.9. The van der Waals surface area contributed by atoms with E-state index in [1.807, 2.05) is 24.3 Å². The Balaban J connectivity index is 1.29. The van der Waals surface area contributed by atoms with Gasteiger partial charge in [-0.25, -0.2) is 4.79 Å². The second-order valence-electron chi connectivity index (χ2n) is 7.99. The third-order valence-corrected chi connectivity index (χ3v) is 5.10.